The lowest BCUT2D eigenvalue weighted by Crippen LogP contribution is -2.65. The fourth-order valence-corrected chi connectivity index (χ4v) is 2.67. The first-order chi connectivity index (χ1) is 12.1. The summed E-state index contributed by atoms with van der Waals surface area (Å²) >= 11 is 11.6. The number of urea groups is 1. The molecule has 0 saturated carbocycles. The molecule has 138 valence electrons. The fourth-order valence-electron chi connectivity index (χ4n) is 2.28. The lowest BCUT2D eigenvalue weighted by molar-refractivity contribution is -0.317. The SMILES string of the molecule is Cc1cc(Cl)ccc1NC(=O)N[C@]1(C(F)(F)F)Oc2ccc(Cl)cc2O1. The molecule has 0 saturated heterocycles. The van der Waals surface area contributed by atoms with Gasteiger partial charge in [-0.05, 0) is 42.8 Å². The standard InChI is InChI=1S/C16H11Cl2F3N2O3/c1-8-6-9(17)2-4-11(8)22-14(24)23-16(15(19,20)21)25-12-5-3-10(18)7-13(12)26-16/h2-7H,1H3,(H2,22,23,24)/t16-/m1/s1. The Morgan fingerprint density at radius 2 is 1.65 bits per heavy atom. The van der Waals surface area contributed by atoms with Gasteiger partial charge in [-0.3, -0.25) is 5.32 Å². The molecule has 0 fully saturated rings. The van der Waals surface area contributed by atoms with Crippen molar-refractivity contribution in [2.75, 3.05) is 5.32 Å². The van der Waals surface area contributed by atoms with Gasteiger partial charge >= 0.3 is 18.1 Å². The first-order valence-corrected chi connectivity index (χ1v) is 7.95. The highest BCUT2D eigenvalue weighted by atomic mass is 35.5. The van der Waals surface area contributed by atoms with Gasteiger partial charge in [0.2, 0.25) is 0 Å². The first-order valence-electron chi connectivity index (χ1n) is 7.19. The van der Waals surface area contributed by atoms with Crippen molar-refractivity contribution in [3.8, 4) is 11.5 Å². The van der Waals surface area contributed by atoms with Gasteiger partial charge in [-0.25, -0.2) is 4.79 Å². The molecule has 1 aliphatic rings. The van der Waals surface area contributed by atoms with Crippen molar-refractivity contribution in [2.45, 2.75) is 19.0 Å². The number of anilines is 1. The molecule has 1 heterocycles. The maximum absolute atomic E-state index is 13.6. The number of rotatable bonds is 2. The number of carbonyl (C=O) groups is 1. The quantitative estimate of drug-likeness (QED) is 0.728. The first kappa shape index (κ1) is 18.5. The van der Waals surface area contributed by atoms with Crippen LogP contribution in [0.1, 0.15) is 5.56 Å². The third-order valence-electron chi connectivity index (χ3n) is 3.50. The van der Waals surface area contributed by atoms with E-state index in [9.17, 15) is 18.0 Å². The topological polar surface area (TPSA) is 59.6 Å². The van der Waals surface area contributed by atoms with Gasteiger partial charge in [0.25, 0.3) is 0 Å². The number of aryl methyl sites for hydroxylation is 1. The largest absolute Gasteiger partial charge is 0.492 e. The van der Waals surface area contributed by atoms with Gasteiger partial charge in [-0.1, -0.05) is 23.2 Å². The van der Waals surface area contributed by atoms with E-state index in [4.69, 9.17) is 32.7 Å². The van der Waals surface area contributed by atoms with Crippen LogP contribution in [0.4, 0.5) is 23.7 Å². The summed E-state index contributed by atoms with van der Waals surface area (Å²) in [5, 5.41) is 4.58. The average Bonchev–Trinajstić information content (AvgIpc) is 2.88. The van der Waals surface area contributed by atoms with Crippen LogP contribution in [-0.2, 0) is 0 Å². The van der Waals surface area contributed by atoms with Crippen LogP contribution in [0.15, 0.2) is 36.4 Å². The Kier molecular flexibility index (Phi) is 4.58. The number of ether oxygens (including phenoxy) is 2. The van der Waals surface area contributed by atoms with Crippen molar-refractivity contribution >= 4 is 34.9 Å². The number of benzene rings is 2. The Labute approximate surface area is 156 Å². The van der Waals surface area contributed by atoms with E-state index < -0.39 is 18.1 Å². The minimum Gasteiger partial charge on any atom is -0.424 e. The molecule has 2 aromatic carbocycles. The average molecular weight is 407 g/mol. The van der Waals surface area contributed by atoms with E-state index in [1.807, 2.05) is 0 Å². The molecular formula is C16H11Cl2F3N2O3. The van der Waals surface area contributed by atoms with E-state index in [1.54, 1.807) is 18.3 Å². The van der Waals surface area contributed by atoms with Gasteiger partial charge in [0, 0.05) is 21.8 Å². The number of nitrogens with one attached hydrogen (secondary N) is 2. The summed E-state index contributed by atoms with van der Waals surface area (Å²) in [5.74, 6) is -3.81. The number of fused-ring (bicyclic) bond motifs is 1. The van der Waals surface area contributed by atoms with Gasteiger partial charge in [-0.15, -0.1) is 0 Å². The molecule has 2 N–H and O–H groups in total. The Bertz CT molecular complexity index is 876. The summed E-state index contributed by atoms with van der Waals surface area (Å²) in [5.41, 5.74) is 0.847. The van der Waals surface area contributed by atoms with Gasteiger partial charge in [0.15, 0.2) is 11.5 Å². The minimum absolute atomic E-state index is 0.159. The smallest absolute Gasteiger partial charge is 0.424 e. The van der Waals surface area contributed by atoms with E-state index >= 15 is 0 Å². The van der Waals surface area contributed by atoms with Crippen LogP contribution in [0.5, 0.6) is 11.5 Å². The summed E-state index contributed by atoms with van der Waals surface area (Å²) in [6.45, 7) is 1.64. The Morgan fingerprint density at radius 1 is 1.04 bits per heavy atom. The molecule has 3 rings (SSSR count). The van der Waals surface area contributed by atoms with Crippen molar-refractivity contribution in [3.05, 3.63) is 52.0 Å². The molecule has 0 unspecified atom stereocenters. The highest BCUT2D eigenvalue weighted by Gasteiger charge is 2.65. The molecule has 0 aliphatic carbocycles. The van der Waals surface area contributed by atoms with Crippen LogP contribution in [0.25, 0.3) is 0 Å². The monoisotopic (exact) mass is 406 g/mol. The number of halogens is 5. The normalized spacial score (nSPS) is 18.5. The lowest BCUT2D eigenvalue weighted by atomic mass is 10.2. The summed E-state index contributed by atoms with van der Waals surface area (Å²) in [6.07, 6.45) is -5.06. The van der Waals surface area contributed by atoms with Crippen LogP contribution in [0.2, 0.25) is 10.0 Å². The van der Waals surface area contributed by atoms with Crippen LogP contribution in [-0.4, -0.2) is 18.1 Å². The molecule has 10 heteroatoms. The molecule has 0 radical (unpaired) electrons. The summed E-state index contributed by atoms with van der Waals surface area (Å²) in [4.78, 5) is 12.1. The summed E-state index contributed by atoms with van der Waals surface area (Å²) < 4.78 is 50.5. The van der Waals surface area contributed by atoms with Crippen molar-refractivity contribution < 1.29 is 27.4 Å². The minimum atomic E-state index is -5.06. The fraction of sp³-hybridized carbons (Fsp3) is 0.188. The van der Waals surface area contributed by atoms with E-state index in [-0.39, 0.29) is 22.2 Å². The third kappa shape index (κ3) is 3.47. The van der Waals surface area contributed by atoms with E-state index in [2.05, 4.69) is 5.32 Å². The van der Waals surface area contributed by atoms with Gasteiger partial charge in [0.05, 0.1) is 0 Å². The third-order valence-corrected chi connectivity index (χ3v) is 3.97. The molecule has 2 amide bonds. The second-order valence-corrected chi connectivity index (χ2v) is 6.32. The molecule has 0 spiro atoms. The molecular weight excluding hydrogens is 396 g/mol. The number of carbonyl (C=O) groups excluding carboxylic acids is 1. The molecule has 2 aromatic rings. The Balaban J connectivity index is 1.83. The zero-order valence-corrected chi connectivity index (χ0v) is 14.6. The maximum Gasteiger partial charge on any atom is 0.492 e. The van der Waals surface area contributed by atoms with Gasteiger partial charge < -0.3 is 14.8 Å². The molecule has 0 bridgehead atoms. The number of hydrogen-bond acceptors (Lipinski definition) is 3. The Hall–Kier alpha value is -2.32. The van der Waals surface area contributed by atoms with E-state index in [1.165, 1.54) is 24.3 Å². The zero-order valence-electron chi connectivity index (χ0n) is 13.1. The highest BCUT2D eigenvalue weighted by molar-refractivity contribution is 6.31. The van der Waals surface area contributed by atoms with Crippen LogP contribution in [0.3, 0.4) is 0 Å². The number of amides is 2. The highest BCUT2D eigenvalue weighted by Crippen LogP contribution is 2.46. The van der Waals surface area contributed by atoms with E-state index in [0.29, 0.717) is 10.6 Å². The molecule has 0 aromatic heterocycles. The van der Waals surface area contributed by atoms with Gasteiger partial charge in [-0.2, -0.15) is 13.2 Å². The van der Waals surface area contributed by atoms with Crippen molar-refractivity contribution in [1.82, 2.24) is 5.32 Å². The predicted molar refractivity (Wildman–Crippen MR) is 89.8 cm³/mol. The predicted octanol–water partition coefficient (Wildman–Crippen LogP) is 5.11. The summed E-state index contributed by atoms with van der Waals surface area (Å²) in [7, 11) is 0. The summed E-state index contributed by atoms with van der Waals surface area (Å²) in [6, 6.07) is 7.05. The zero-order chi connectivity index (χ0) is 19.1. The Morgan fingerprint density at radius 3 is 2.31 bits per heavy atom. The van der Waals surface area contributed by atoms with Crippen molar-refractivity contribution in [2.24, 2.45) is 0 Å². The van der Waals surface area contributed by atoms with E-state index in [0.717, 1.165) is 6.07 Å². The molecule has 26 heavy (non-hydrogen) atoms. The molecule has 5 nitrogen and oxygen atoms in total. The second-order valence-electron chi connectivity index (χ2n) is 5.45. The van der Waals surface area contributed by atoms with Crippen molar-refractivity contribution in [1.29, 1.82) is 0 Å². The number of hydrogen-bond donors (Lipinski definition) is 2. The van der Waals surface area contributed by atoms with Crippen LogP contribution >= 0.6 is 23.2 Å². The van der Waals surface area contributed by atoms with Crippen LogP contribution < -0.4 is 20.1 Å². The maximum atomic E-state index is 13.6. The molecule has 1 atom stereocenters. The van der Waals surface area contributed by atoms with Crippen LogP contribution in [0, 0.1) is 6.92 Å². The lowest BCUT2D eigenvalue weighted by Gasteiger charge is -2.29. The van der Waals surface area contributed by atoms with Crippen molar-refractivity contribution in [3.63, 3.8) is 0 Å². The van der Waals surface area contributed by atoms with Gasteiger partial charge in [0.1, 0.15) is 0 Å². The number of alkyl halides is 3. The molecule has 1 aliphatic heterocycles. The second kappa shape index (κ2) is 6.44.